The van der Waals surface area contributed by atoms with E-state index in [1.807, 2.05) is 0 Å². The second kappa shape index (κ2) is 6.27. The third-order valence-corrected chi connectivity index (χ3v) is 4.26. The van der Waals surface area contributed by atoms with Crippen LogP contribution < -0.4 is 10.1 Å². The van der Waals surface area contributed by atoms with E-state index in [4.69, 9.17) is 9.15 Å². The molecule has 0 aliphatic carbocycles. The Labute approximate surface area is 131 Å². The molecule has 20 heavy (non-hydrogen) atoms. The predicted molar refractivity (Wildman–Crippen MR) is 81.1 cm³/mol. The van der Waals surface area contributed by atoms with Crippen LogP contribution in [0.25, 0.3) is 0 Å². The van der Waals surface area contributed by atoms with Gasteiger partial charge >= 0.3 is 0 Å². The molecule has 0 aliphatic heterocycles. The summed E-state index contributed by atoms with van der Waals surface area (Å²) in [6, 6.07) is 6.41. The van der Waals surface area contributed by atoms with Crippen LogP contribution in [-0.4, -0.2) is 12.0 Å². The van der Waals surface area contributed by atoms with Crippen molar-refractivity contribution in [3.8, 4) is 5.75 Å². The molecule has 1 N–H and O–H groups in total. The van der Waals surface area contributed by atoms with Crippen LogP contribution in [-0.2, 0) is 6.54 Å². The lowest BCUT2D eigenvalue weighted by molar-refractivity contribution is -0.384. The third kappa shape index (κ3) is 3.31. The van der Waals surface area contributed by atoms with Crippen LogP contribution in [0.4, 0.5) is 11.4 Å². The summed E-state index contributed by atoms with van der Waals surface area (Å²) < 4.78 is 11.7. The Balaban J connectivity index is 2.18. The standard InChI is InChI=1S/C12H10Br2N2O4/c1-19-7-2-3-10(11(5-7)16(17)18)15-6-8-4-9(13)12(14)20-8/h2-5,15H,6H2,1H3. The maximum Gasteiger partial charge on any atom is 0.296 e. The largest absolute Gasteiger partial charge is 0.496 e. The third-order valence-electron chi connectivity index (χ3n) is 2.55. The number of nitrogens with one attached hydrogen (secondary N) is 1. The highest BCUT2D eigenvalue weighted by atomic mass is 79.9. The SMILES string of the molecule is COc1ccc(NCc2cc(Br)c(Br)o2)c([N+](=O)[O-])c1. The van der Waals surface area contributed by atoms with Gasteiger partial charge in [0.15, 0.2) is 4.67 Å². The lowest BCUT2D eigenvalue weighted by Crippen LogP contribution is -2.02. The molecular formula is C12H10Br2N2O4. The zero-order valence-electron chi connectivity index (χ0n) is 10.4. The summed E-state index contributed by atoms with van der Waals surface area (Å²) >= 11 is 6.54. The first-order valence-corrected chi connectivity index (χ1v) is 7.10. The molecule has 1 aromatic heterocycles. The van der Waals surface area contributed by atoms with E-state index in [9.17, 15) is 10.1 Å². The van der Waals surface area contributed by atoms with Gasteiger partial charge in [-0.25, -0.2) is 0 Å². The number of benzene rings is 1. The van der Waals surface area contributed by atoms with Crippen molar-refractivity contribution in [1.82, 2.24) is 0 Å². The van der Waals surface area contributed by atoms with Crippen molar-refractivity contribution in [1.29, 1.82) is 0 Å². The van der Waals surface area contributed by atoms with Gasteiger partial charge in [0, 0.05) is 0 Å². The van der Waals surface area contributed by atoms with Crippen LogP contribution in [0.15, 0.2) is 37.8 Å². The molecule has 0 bridgehead atoms. The number of hydrogen-bond donors (Lipinski definition) is 1. The molecule has 0 spiro atoms. The lowest BCUT2D eigenvalue weighted by Gasteiger charge is -2.07. The maximum absolute atomic E-state index is 11.0. The van der Waals surface area contributed by atoms with E-state index in [1.165, 1.54) is 13.2 Å². The molecule has 6 nitrogen and oxygen atoms in total. The molecule has 1 heterocycles. The number of nitro benzene ring substituents is 1. The minimum atomic E-state index is -0.460. The summed E-state index contributed by atoms with van der Waals surface area (Å²) in [4.78, 5) is 10.6. The van der Waals surface area contributed by atoms with Crippen LogP contribution in [0.2, 0.25) is 0 Å². The Kier molecular flexibility index (Phi) is 4.66. The molecule has 0 atom stereocenters. The van der Waals surface area contributed by atoms with Gasteiger partial charge in [-0.2, -0.15) is 0 Å². The first-order valence-electron chi connectivity index (χ1n) is 5.51. The predicted octanol–water partition coefficient (Wildman–Crippen LogP) is 4.33. The highest BCUT2D eigenvalue weighted by Crippen LogP contribution is 2.31. The molecule has 0 saturated carbocycles. The van der Waals surface area contributed by atoms with Crippen molar-refractivity contribution in [2.45, 2.75) is 6.54 Å². The number of rotatable bonds is 5. The molecule has 2 rings (SSSR count). The molecular weight excluding hydrogens is 396 g/mol. The zero-order valence-corrected chi connectivity index (χ0v) is 13.5. The number of methoxy groups -OCH3 is 1. The van der Waals surface area contributed by atoms with Gasteiger partial charge in [0.25, 0.3) is 5.69 Å². The summed E-state index contributed by atoms with van der Waals surface area (Å²) in [5, 5.41) is 14.0. The Hall–Kier alpha value is -1.54. The van der Waals surface area contributed by atoms with E-state index in [0.29, 0.717) is 28.4 Å². The minimum absolute atomic E-state index is 0.0472. The van der Waals surface area contributed by atoms with Gasteiger partial charge in [0.2, 0.25) is 0 Å². The molecule has 0 radical (unpaired) electrons. The summed E-state index contributed by atoms with van der Waals surface area (Å²) in [7, 11) is 1.46. The molecule has 0 unspecified atom stereocenters. The van der Waals surface area contributed by atoms with Crippen molar-refractivity contribution in [3.63, 3.8) is 0 Å². The Morgan fingerprint density at radius 1 is 1.40 bits per heavy atom. The first kappa shape index (κ1) is 14.9. The van der Waals surface area contributed by atoms with Gasteiger partial charge in [-0.05, 0) is 50.1 Å². The highest BCUT2D eigenvalue weighted by Gasteiger charge is 2.15. The second-order valence-electron chi connectivity index (χ2n) is 3.83. The number of halogens is 2. The van der Waals surface area contributed by atoms with Crippen LogP contribution >= 0.6 is 31.9 Å². The van der Waals surface area contributed by atoms with Crippen molar-refractivity contribution >= 4 is 43.2 Å². The molecule has 0 amide bonds. The molecule has 0 saturated heterocycles. The Morgan fingerprint density at radius 2 is 2.15 bits per heavy atom. The van der Waals surface area contributed by atoms with Gasteiger partial charge in [-0.1, -0.05) is 0 Å². The molecule has 106 valence electrons. The van der Waals surface area contributed by atoms with E-state index in [-0.39, 0.29) is 5.69 Å². The van der Waals surface area contributed by atoms with Crippen molar-refractivity contribution in [2.75, 3.05) is 12.4 Å². The summed E-state index contributed by atoms with van der Waals surface area (Å²) in [5.74, 6) is 1.08. The fourth-order valence-corrected chi connectivity index (χ4v) is 2.26. The van der Waals surface area contributed by atoms with E-state index in [2.05, 4.69) is 37.2 Å². The minimum Gasteiger partial charge on any atom is -0.496 e. The van der Waals surface area contributed by atoms with Crippen molar-refractivity contribution in [2.24, 2.45) is 0 Å². The number of ether oxygens (including phenoxy) is 1. The lowest BCUT2D eigenvalue weighted by atomic mass is 10.2. The van der Waals surface area contributed by atoms with Crippen molar-refractivity contribution in [3.05, 3.63) is 49.3 Å². The highest BCUT2D eigenvalue weighted by molar-refractivity contribution is 9.13. The summed E-state index contributed by atoms with van der Waals surface area (Å²) in [5.41, 5.74) is 0.355. The number of anilines is 1. The van der Waals surface area contributed by atoms with Crippen LogP contribution in [0.5, 0.6) is 5.75 Å². The van der Waals surface area contributed by atoms with E-state index >= 15 is 0 Å². The van der Waals surface area contributed by atoms with Gasteiger partial charge in [-0.15, -0.1) is 0 Å². The molecule has 0 aliphatic rings. The quantitative estimate of drug-likeness (QED) is 0.591. The van der Waals surface area contributed by atoms with Gasteiger partial charge in [0.1, 0.15) is 17.2 Å². The maximum atomic E-state index is 11.0. The molecule has 1 aromatic carbocycles. The van der Waals surface area contributed by atoms with E-state index in [0.717, 1.165) is 4.47 Å². The normalized spacial score (nSPS) is 10.3. The fraction of sp³-hybridized carbons (Fsp3) is 0.167. The Morgan fingerprint density at radius 3 is 2.70 bits per heavy atom. The first-order chi connectivity index (χ1) is 9.51. The average Bonchev–Trinajstić information content (AvgIpc) is 2.75. The number of nitro groups is 1. The number of nitrogens with zero attached hydrogens (tertiary/aromatic N) is 1. The number of furan rings is 1. The number of hydrogen-bond acceptors (Lipinski definition) is 5. The smallest absolute Gasteiger partial charge is 0.296 e. The van der Waals surface area contributed by atoms with Gasteiger partial charge in [0.05, 0.1) is 29.1 Å². The molecule has 2 aromatic rings. The van der Waals surface area contributed by atoms with Crippen LogP contribution in [0, 0.1) is 10.1 Å². The summed E-state index contributed by atoms with van der Waals surface area (Å²) in [6.07, 6.45) is 0. The topological polar surface area (TPSA) is 77.5 Å². The Bertz CT molecular complexity index is 623. The molecule has 0 fully saturated rings. The fourth-order valence-electron chi connectivity index (χ4n) is 1.60. The van der Waals surface area contributed by atoms with E-state index in [1.54, 1.807) is 18.2 Å². The molecule has 8 heteroatoms. The van der Waals surface area contributed by atoms with Crippen LogP contribution in [0.3, 0.4) is 0 Å². The average molecular weight is 406 g/mol. The van der Waals surface area contributed by atoms with Crippen LogP contribution in [0.1, 0.15) is 5.76 Å². The monoisotopic (exact) mass is 404 g/mol. The zero-order chi connectivity index (χ0) is 14.7. The van der Waals surface area contributed by atoms with E-state index < -0.39 is 4.92 Å². The van der Waals surface area contributed by atoms with Gasteiger partial charge < -0.3 is 14.5 Å². The summed E-state index contributed by atoms with van der Waals surface area (Å²) in [6.45, 7) is 0.331. The van der Waals surface area contributed by atoms with Gasteiger partial charge in [-0.3, -0.25) is 10.1 Å². The second-order valence-corrected chi connectivity index (χ2v) is 5.40. The van der Waals surface area contributed by atoms with Crippen molar-refractivity contribution < 1.29 is 14.1 Å².